The maximum atomic E-state index is 7.11. The van der Waals surface area contributed by atoms with Gasteiger partial charge in [0.2, 0.25) is 0 Å². The van der Waals surface area contributed by atoms with E-state index in [2.05, 4.69) is 256 Å². The second kappa shape index (κ2) is 14.6. The summed E-state index contributed by atoms with van der Waals surface area (Å²) in [4.78, 5) is 4.84. The van der Waals surface area contributed by atoms with Crippen molar-refractivity contribution in [2.75, 3.05) is 9.80 Å². The van der Waals surface area contributed by atoms with Crippen LogP contribution in [-0.2, 0) is 10.8 Å². The summed E-state index contributed by atoms with van der Waals surface area (Å²) >= 11 is 0. The van der Waals surface area contributed by atoms with E-state index in [1.165, 1.54) is 66.1 Å². The molecule has 1 heterocycles. The first-order valence-corrected chi connectivity index (χ1v) is 24.2. The van der Waals surface area contributed by atoms with Gasteiger partial charge in [0.1, 0.15) is 11.5 Å². The van der Waals surface area contributed by atoms with Crippen molar-refractivity contribution in [2.45, 2.75) is 38.5 Å². The molecule has 0 saturated carbocycles. The van der Waals surface area contributed by atoms with Gasteiger partial charge in [-0.2, -0.15) is 0 Å². The quantitative estimate of drug-likeness (QED) is 0.165. The van der Waals surface area contributed by atoms with Crippen LogP contribution in [0.15, 0.2) is 218 Å². The summed E-state index contributed by atoms with van der Waals surface area (Å²) in [5, 5.41) is 7.09. The lowest BCUT2D eigenvalue weighted by Gasteiger charge is -2.31. The van der Waals surface area contributed by atoms with E-state index in [1.54, 1.807) is 0 Å². The molecule has 0 N–H and O–H groups in total. The average Bonchev–Trinajstić information content (AvgIpc) is 3.75. The monoisotopic (exact) mass is 884 g/mol. The fraction of sp³-hybridized carbons (Fsp3) is 0.0909. The smallest absolute Gasteiger partial charge is 0.137 e. The number of rotatable bonds is 6. The molecule has 11 aromatic carbocycles. The third kappa shape index (κ3) is 5.87. The van der Waals surface area contributed by atoms with Gasteiger partial charge in [-0.1, -0.05) is 167 Å². The first-order chi connectivity index (χ1) is 33.7. The van der Waals surface area contributed by atoms with Gasteiger partial charge in [0.15, 0.2) is 0 Å². The number of anilines is 6. The number of hydrogen-bond acceptors (Lipinski definition) is 3. The molecule has 14 rings (SSSR count). The first kappa shape index (κ1) is 39.7. The summed E-state index contributed by atoms with van der Waals surface area (Å²) in [5.74, 6) is 1.69. The molecule has 0 fully saturated rings. The Morgan fingerprint density at radius 1 is 0.304 bits per heavy atom. The minimum Gasteiger partial charge on any atom is -0.456 e. The largest absolute Gasteiger partial charge is 0.456 e. The normalized spacial score (nSPS) is 14.1. The standard InChI is InChI=1S/C66H48N2O/c1-65(2)57-21-11-9-18-50(57)52-31-28-47(38-59(52)65)67(45-26-24-41-14-5-7-16-43(41)36-45)49-30-33-54-55-34-35-61(56-20-13-23-62(64(55)56)69-63(54)40-49)68(46-27-25-42-15-6-8-17-44(42)37-46)48-29-32-53-51-19-10-12-22-58(51)66(3,4)60(53)39-48/h5-40H,1-4H3. The first-order valence-electron chi connectivity index (χ1n) is 24.2. The fourth-order valence-electron chi connectivity index (χ4n) is 12.1. The maximum Gasteiger partial charge on any atom is 0.137 e. The van der Waals surface area contributed by atoms with E-state index in [0.29, 0.717) is 0 Å². The average molecular weight is 885 g/mol. The highest BCUT2D eigenvalue weighted by atomic mass is 16.5. The van der Waals surface area contributed by atoms with E-state index in [1.807, 2.05) is 0 Å². The highest BCUT2D eigenvalue weighted by Crippen LogP contribution is 2.55. The Morgan fingerprint density at radius 2 is 0.754 bits per heavy atom. The molecule has 3 heteroatoms. The lowest BCUT2D eigenvalue weighted by atomic mass is 9.82. The van der Waals surface area contributed by atoms with Gasteiger partial charge in [-0.3, -0.25) is 0 Å². The third-order valence-corrected chi connectivity index (χ3v) is 15.6. The molecule has 69 heavy (non-hydrogen) atoms. The van der Waals surface area contributed by atoms with E-state index in [-0.39, 0.29) is 10.8 Å². The summed E-state index contributed by atoms with van der Waals surface area (Å²) < 4.78 is 7.11. The van der Waals surface area contributed by atoms with Gasteiger partial charge in [-0.05, 0) is 144 Å². The zero-order valence-corrected chi connectivity index (χ0v) is 39.1. The minimum absolute atomic E-state index is 0.135. The van der Waals surface area contributed by atoms with Crippen LogP contribution in [-0.4, -0.2) is 0 Å². The molecule has 3 nitrogen and oxygen atoms in total. The Balaban J connectivity index is 0.917. The van der Waals surface area contributed by atoms with Gasteiger partial charge in [-0.25, -0.2) is 0 Å². The van der Waals surface area contributed by atoms with Crippen molar-refractivity contribution < 1.29 is 4.74 Å². The number of hydrogen-bond donors (Lipinski definition) is 0. The van der Waals surface area contributed by atoms with Crippen LogP contribution in [0.25, 0.3) is 65.7 Å². The van der Waals surface area contributed by atoms with Crippen LogP contribution in [0.5, 0.6) is 11.5 Å². The molecule has 0 unspecified atom stereocenters. The molecule has 328 valence electrons. The Kier molecular flexibility index (Phi) is 8.38. The van der Waals surface area contributed by atoms with E-state index in [4.69, 9.17) is 4.74 Å². The van der Waals surface area contributed by atoms with Crippen molar-refractivity contribution in [3.63, 3.8) is 0 Å². The van der Waals surface area contributed by atoms with Gasteiger partial charge >= 0.3 is 0 Å². The minimum atomic E-state index is -0.139. The third-order valence-electron chi connectivity index (χ3n) is 15.6. The molecule has 3 aliphatic rings. The van der Waals surface area contributed by atoms with Crippen molar-refractivity contribution in [1.82, 2.24) is 0 Å². The zero-order valence-electron chi connectivity index (χ0n) is 39.1. The molecule has 11 aromatic rings. The molecule has 1 aliphatic heterocycles. The summed E-state index contributed by atoms with van der Waals surface area (Å²) in [6.07, 6.45) is 0. The van der Waals surface area contributed by atoms with Crippen LogP contribution in [0.4, 0.5) is 34.1 Å². The molecular formula is C66H48N2O. The van der Waals surface area contributed by atoms with Gasteiger partial charge in [0.05, 0.1) is 5.69 Å². The van der Waals surface area contributed by atoms with Crippen molar-refractivity contribution in [3.05, 3.63) is 241 Å². The topological polar surface area (TPSA) is 15.7 Å². The molecule has 0 atom stereocenters. The zero-order chi connectivity index (χ0) is 46.2. The maximum absolute atomic E-state index is 7.11. The molecule has 0 radical (unpaired) electrons. The molecule has 0 aromatic heterocycles. The fourth-order valence-corrected chi connectivity index (χ4v) is 12.1. The lowest BCUT2D eigenvalue weighted by Crippen LogP contribution is -2.17. The van der Waals surface area contributed by atoms with Crippen LogP contribution < -0.4 is 14.5 Å². The van der Waals surface area contributed by atoms with Crippen LogP contribution in [0.1, 0.15) is 49.9 Å². The molecule has 0 saturated heterocycles. The molecule has 2 aliphatic carbocycles. The van der Waals surface area contributed by atoms with Gasteiger partial charge < -0.3 is 14.5 Å². The number of ether oxygens (including phenoxy) is 1. The number of benzene rings is 11. The van der Waals surface area contributed by atoms with E-state index in [9.17, 15) is 0 Å². The summed E-state index contributed by atoms with van der Waals surface area (Å²) in [7, 11) is 0. The summed E-state index contributed by atoms with van der Waals surface area (Å²) in [6, 6.07) is 80.6. The van der Waals surface area contributed by atoms with E-state index >= 15 is 0 Å². The van der Waals surface area contributed by atoms with E-state index in [0.717, 1.165) is 67.5 Å². The molecular weight excluding hydrogens is 837 g/mol. The Bertz CT molecular complexity index is 3970. The van der Waals surface area contributed by atoms with Crippen molar-refractivity contribution in [3.8, 4) is 44.9 Å². The van der Waals surface area contributed by atoms with Crippen LogP contribution in [0.2, 0.25) is 0 Å². The predicted molar refractivity (Wildman–Crippen MR) is 289 cm³/mol. The molecule has 0 spiro atoms. The van der Waals surface area contributed by atoms with Crippen LogP contribution in [0.3, 0.4) is 0 Å². The van der Waals surface area contributed by atoms with Crippen molar-refractivity contribution in [2.24, 2.45) is 0 Å². The highest BCUT2D eigenvalue weighted by molar-refractivity contribution is 6.11. The summed E-state index contributed by atoms with van der Waals surface area (Å²) in [5.41, 5.74) is 19.2. The van der Waals surface area contributed by atoms with E-state index < -0.39 is 0 Å². The second-order valence-electron chi connectivity index (χ2n) is 20.1. The second-order valence-corrected chi connectivity index (χ2v) is 20.1. The van der Waals surface area contributed by atoms with Gasteiger partial charge in [-0.15, -0.1) is 0 Å². The lowest BCUT2D eigenvalue weighted by molar-refractivity contribution is 0.487. The van der Waals surface area contributed by atoms with Gasteiger partial charge in [0, 0.05) is 61.7 Å². The van der Waals surface area contributed by atoms with Gasteiger partial charge in [0.25, 0.3) is 0 Å². The highest BCUT2D eigenvalue weighted by Gasteiger charge is 2.37. The Morgan fingerprint density at radius 3 is 1.36 bits per heavy atom. The van der Waals surface area contributed by atoms with Crippen LogP contribution >= 0.6 is 0 Å². The Labute approximate surface area is 403 Å². The molecule has 0 amide bonds. The predicted octanol–water partition coefficient (Wildman–Crippen LogP) is 18.5. The SMILES string of the molecule is CC1(C)c2ccccc2-c2ccc(N(c3ccc4c(c3)Oc3cccc5c(N(c6ccc7c(c6)C(C)(C)c6ccccc6-7)c6ccc7ccccc7c6)ccc-4c35)c3ccc4ccccc4c3)cc21. The Hall–Kier alpha value is -8.40. The van der Waals surface area contributed by atoms with Crippen molar-refractivity contribution >= 4 is 66.4 Å². The number of fused-ring (bicyclic) bond motifs is 10. The summed E-state index contributed by atoms with van der Waals surface area (Å²) in [6.45, 7) is 9.42. The van der Waals surface area contributed by atoms with Crippen molar-refractivity contribution in [1.29, 1.82) is 0 Å². The molecule has 0 bridgehead atoms. The van der Waals surface area contributed by atoms with Crippen LogP contribution in [0, 0.1) is 0 Å². The number of nitrogens with zero attached hydrogens (tertiary/aromatic N) is 2.